The molecule has 0 unspecified atom stereocenters. The molecule has 1 aliphatic rings. The third-order valence-electron chi connectivity index (χ3n) is 6.01. The fourth-order valence-corrected chi connectivity index (χ4v) is 6.78. The van der Waals surface area contributed by atoms with Crippen LogP contribution >= 0.6 is 23.1 Å². The highest BCUT2D eigenvalue weighted by molar-refractivity contribution is 8.01. The van der Waals surface area contributed by atoms with Gasteiger partial charge in [-0.05, 0) is 53.6 Å². The fourth-order valence-electron chi connectivity index (χ4n) is 4.36. The Kier molecular flexibility index (Phi) is 6.06. The second kappa shape index (κ2) is 9.24. The van der Waals surface area contributed by atoms with Crippen LogP contribution in [-0.2, 0) is 0 Å². The van der Waals surface area contributed by atoms with Gasteiger partial charge < -0.3 is 0 Å². The Morgan fingerprint density at radius 2 is 1.30 bits per heavy atom. The van der Waals surface area contributed by atoms with Crippen molar-refractivity contribution in [3.8, 4) is 21.6 Å². The van der Waals surface area contributed by atoms with Crippen molar-refractivity contribution in [1.82, 2.24) is 0 Å². The molecule has 0 bridgehead atoms. The van der Waals surface area contributed by atoms with Gasteiger partial charge in [-0.3, -0.25) is 0 Å². The summed E-state index contributed by atoms with van der Waals surface area (Å²) in [6.45, 7) is 0. The van der Waals surface area contributed by atoms with E-state index >= 15 is 0 Å². The minimum Gasteiger partial charge on any atom is -0.128 e. The second-order valence-corrected chi connectivity index (χ2v) is 10.4. The molecule has 5 rings (SSSR count). The Labute approximate surface area is 188 Å². The molecule has 1 aliphatic carbocycles. The van der Waals surface area contributed by atoms with Crippen molar-refractivity contribution in [2.45, 2.75) is 47.1 Å². The monoisotopic (exact) mass is 426 g/mol. The average molecular weight is 427 g/mol. The second-order valence-electron chi connectivity index (χ2n) is 8.05. The molecule has 0 amide bonds. The van der Waals surface area contributed by atoms with E-state index < -0.39 is 0 Å². The predicted molar refractivity (Wildman–Crippen MR) is 132 cm³/mol. The molecule has 0 saturated heterocycles. The van der Waals surface area contributed by atoms with E-state index in [0.29, 0.717) is 0 Å². The maximum absolute atomic E-state index is 2.37. The minimum absolute atomic E-state index is 0.768. The molecular weight excluding hydrogens is 400 g/mol. The lowest BCUT2D eigenvalue weighted by Gasteiger charge is -2.22. The summed E-state index contributed by atoms with van der Waals surface area (Å²) in [6.07, 6.45) is 6.90. The van der Waals surface area contributed by atoms with E-state index in [-0.39, 0.29) is 0 Å². The molecule has 0 N–H and O–H groups in total. The van der Waals surface area contributed by atoms with E-state index in [9.17, 15) is 0 Å². The molecular formula is C28H26S2. The van der Waals surface area contributed by atoms with Gasteiger partial charge in [0.1, 0.15) is 0 Å². The highest BCUT2D eigenvalue weighted by Gasteiger charge is 2.16. The SMILES string of the molecule is c1ccc(-c2cc(-c3ccccc3)c(Sc3ccc(C4CCCCC4)cc3)s2)cc1. The van der Waals surface area contributed by atoms with Gasteiger partial charge in [-0.15, -0.1) is 11.3 Å². The number of benzene rings is 3. The summed E-state index contributed by atoms with van der Waals surface area (Å²) in [5.74, 6) is 0.768. The lowest BCUT2D eigenvalue weighted by atomic mass is 9.84. The van der Waals surface area contributed by atoms with Crippen LogP contribution < -0.4 is 0 Å². The molecule has 4 aromatic rings. The van der Waals surface area contributed by atoms with Crippen molar-refractivity contribution in [3.05, 3.63) is 96.6 Å². The summed E-state index contributed by atoms with van der Waals surface area (Å²) >= 11 is 3.80. The predicted octanol–water partition coefficient (Wildman–Crippen LogP) is 9.28. The van der Waals surface area contributed by atoms with Crippen LogP contribution in [0.15, 0.2) is 100 Å². The first-order valence-electron chi connectivity index (χ1n) is 10.9. The van der Waals surface area contributed by atoms with Gasteiger partial charge in [0.15, 0.2) is 0 Å². The largest absolute Gasteiger partial charge is 0.128 e. The van der Waals surface area contributed by atoms with E-state index in [1.54, 1.807) is 0 Å². The Hall–Kier alpha value is -2.29. The normalized spacial score (nSPS) is 14.7. The first kappa shape index (κ1) is 19.7. The van der Waals surface area contributed by atoms with E-state index in [2.05, 4.69) is 91.0 Å². The third kappa shape index (κ3) is 4.40. The van der Waals surface area contributed by atoms with Crippen LogP contribution in [0.4, 0.5) is 0 Å². The van der Waals surface area contributed by atoms with Crippen LogP contribution in [0.25, 0.3) is 21.6 Å². The van der Waals surface area contributed by atoms with E-state index in [0.717, 1.165) is 5.92 Å². The summed E-state index contributed by atoms with van der Waals surface area (Å²) in [5.41, 5.74) is 5.44. The van der Waals surface area contributed by atoms with Gasteiger partial charge in [0, 0.05) is 15.3 Å². The quantitative estimate of drug-likeness (QED) is 0.306. The van der Waals surface area contributed by atoms with Crippen LogP contribution in [0.3, 0.4) is 0 Å². The van der Waals surface area contributed by atoms with Crippen molar-refractivity contribution >= 4 is 23.1 Å². The van der Waals surface area contributed by atoms with E-state index in [1.807, 2.05) is 23.1 Å². The van der Waals surface area contributed by atoms with Crippen LogP contribution in [-0.4, -0.2) is 0 Å². The molecule has 0 atom stereocenters. The summed E-state index contributed by atoms with van der Waals surface area (Å²) in [6, 6.07) is 33.2. The molecule has 1 heterocycles. The summed E-state index contributed by atoms with van der Waals surface area (Å²) in [4.78, 5) is 2.66. The first-order valence-corrected chi connectivity index (χ1v) is 12.5. The van der Waals surface area contributed by atoms with Gasteiger partial charge >= 0.3 is 0 Å². The number of thiophene rings is 1. The fraction of sp³-hybridized carbons (Fsp3) is 0.214. The molecule has 30 heavy (non-hydrogen) atoms. The molecule has 0 spiro atoms. The first-order chi connectivity index (χ1) is 14.9. The lowest BCUT2D eigenvalue weighted by Crippen LogP contribution is -2.03. The molecule has 1 fully saturated rings. The topological polar surface area (TPSA) is 0 Å². The lowest BCUT2D eigenvalue weighted by molar-refractivity contribution is 0.443. The number of hydrogen-bond acceptors (Lipinski definition) is 2. The van der Waals surface area contributed by atoms with Gasteiger partial charge in [0.25, 0.3) is 0 Å². The molecule has 0 nitrogen and oxygen atoms in total. The summed E-state index contributed by atoms with van der Waals surface area (Å²) in [5, 5.41) is 0. The Balaban J connectivity index is 1.45. The zero-order valence-electron chi connectivity index (χ0n) is 17.1. The Bertz CT molecular complexity index is 1070. The van der Waals surface area contributed by atoms with Crippen molar-refractivity contribution < 1.29 is 0 Å². The molecule has 2 heteroatoms. The molecule has 0 radical (unpaired) electrons. The molecule has 1 saturated carbocycles. The van der Waals surface area contributed by atoms with Crippen molar-refractivity contribution in [2.75, 3.05) is 0 Å². The van der Waals surface area contributed by atoms with Crippen molar-refractivity contribution in [2.24, 2.45) is 0 Å². The molecule has 150 valence electrons. The Morgan fingerprint density at radius 3 is 1.97 bits per heavy atom. The van der Waals surface area contributed by atoms with Crippen molar-refractivity contribution in [1.29, 1.82) is 0 Å². The van der Waals surface area contributed by atoms with Gasteiger partial charge in [-0.2, -0.15) is 0 Å². The zero-order valence-corrected chi connectivity index (χ0v) is 18.7. The average Bonchev–Trinajstić information content (AvgIpc) is 3.25. The summed E-state index contributed by atoms with van der Waals surface area (Å²) < 4.78 is 1.37. The highest BCUT2D eigenvalue weighted by atomic mass is 32.2. The van der Waals surface area contributed by atoms with E-state index in [1.165, 1.54) is 68.3 Å². The Morgan fingerprint density at radius 1 is 0.667 bits per heavy atom. The molecule has 3 aromatic carbocycles. The van der Waals surface area contributed by atoms with Gasteiger partial charge in [0.05, 0.1) is 4.21 Å². The third-order valence-corrected chi connectivity index (χ3v) is 8.40. The number of rotatable bonds is 5. The van der Waals surface area contributed by atoms with Crippen LogP contribution in [0.2, 0.25) is 0 Å². The van der Waals surface area contributed by atoms with Crippen LogP contribution in [0, 0.1) is 0 Å². The van der Waals surface area contributed by atoms with Crippen LogP contribution in [0.1, 0.15) is 43.6 Å². The smallest absolute Gasteiger partial charge is 0.0731 e. The minimum atomic E-state index is 0.768. The van der Waals surface area contributed by atoms with Gasteiger partial charge in [-0.1, -0.05) is 104 Å². The maximum atomic E-state index is 2.37. The maximum Gasteiger partial charge on any atom is 0.0731 e. The zero-order chi connectivity index (χ0) is 20.2. The van der Waals surface area contributed by atoms with Gasteiger partial charge in [0.2, 0.25) is 0 Å². The molecule has 1 aromatic heterocycles. The summed E-state index contributed by atoms with van der Waals surface area (Å²) in [7, 11) is 0. The molecule has 0 aliphatic heterocycles. The standard InChI is InChI=1S/C28H26S2/c1-4-10-21(11-5-1)22-16-18-25(19-17-22)29-28-26(23-12-6-2-7-13-23)20-27(30-28)24-14-8-3-9-15-24/h2-3,6-9,12-21H,1,4-5,10-11H2. The van der Waals surface area contributed by atoms with Crippen molar-refractivity contribution in [3.63, 3.8) is 0 Å². The number of hydrogen-bond donors (Lipinski definition) is 0. The van der Waals surface area contributed by atoms with Crippen LogP contribution in [0.5, 0.6) is 0 Å². The van der Waals surface area contributed by atoms with Gasteiger partial charge in [-0.25, -0.2) is 0 Å². The van der Waals surface area contributed by atoms with E-state index in [4.69, 9.17) is 0 Å². The highest BCUT2D eigenvalue weighted by Crippen LogP contribution is 2.45.